The smallest absolute Gasteiger partial charge is 0.326 e. The van der Waals surface area contributed by atoms with E-state index in [1.54, 1.807) is 36.2 Å². The van der Waals surface area contributed by atoms with Crippen LogP contribution in [0.5, 0.6) is 0 Å². The van der Waals surface area contributed by atoms with Gasteiger partial charge in [0.2, 0.25) is 5.91 Å². The number of carboxylic acid groups (broad SMARTS) is 1. The number of amides is 2. The molecule has 2 N–H and O–H groups in total. The summed E-state index contributed by atoms with van der Waals surface area (Å²) in [5.74, 6) is -1.89. The number of aliphatic carboxylic acids is 1. The Morgan fingerprint density at radius 1 is 1.03 bits per heavy atom. The summed E-state index contributed by atoms with van der Waals surface area (Å²) in [7, 11) is 1.64. The van der Waals surface area contributed by atoms with Gasteiger partial charge in [-0.2, -0.15) is 0 Å². The van der Waals surface area contributed by atoms with Gasteiger partial charge in [0.1, 0.15) is 6.04 Å². The Bertz CT molecular complexity index is 987. The van der Waals surface area contributed by atoms with Crippen LogP contribution in [0.3, 0.4) is 0 Å². The van der Waals surface area contributed by atoms with Crippen molar-refractivity contribution in [1.82, 2.24) is 15.1 Å². The van der Waals surface area contributed by atoms with E-state index in [0.29, 0.717) is 31.4 Å². The van der Waals surface area contributed by atoms with Crippen molar-refractivity contribution in [2.75, 3.05) is 26.7 Å². The van der Waals surface area contributed by atoms with Crippen LogP contribution in [0.1, 0.15) is 28.8 Å². The van der Waals surface area contributed by atoms with Gasteiger partial charge >= 0.3 is 5.97 Å². The van der Waals surface area contributed by atoms with Gasteiger partial charge in [0.15, 0.2) is 5.78 Å². The van der Waals surface area contributed by atoms with Gasteiger partial charge in [-0.1, -0.05) is 48.5 Å². The van der Waals surface area contributed by atoms with Crippen molar-refractivity contribution in [3.8, 4) is 0 Å². The molecule has 0 bridgehead atoms. The monoisotopic (exact) mass is 487 g/mol. The highest BCUT2D eigenvalue weighted by atomic mass is 35.5. The Morgan fingerprint density at radius 3 is 2.26 bits per heavy atom. The minimum atomic E-state index is -1.01. The molecule has 9 heteroatoms. The number of nitrogens with one attached hydrogen (secondary N) is 1. The molecule has 0 saturated carbocycles. The van der Waals surface area contributed by atoms with Gasteiger partial charge in [0.25, 0.3) is 5.91 Å². The second kappa shape index (κ2) is 12.9. The third-order valence-corrected chi connectivity index (χ3v) is 5.70. The predicted molar refractivity (Wildman–Crippen MR) is 130 cm³/mol. The first-order valence-corrected chi connectivity index (χ1v) is 11.0. The lowest BCUT2D eigenvalue weighted by Crippen LogP contribution is -2.49. The largest absolute Gasteiger partial charge is 0.480 e. The molecule has 34 heavy (non-hydrogen) atoms. The van der Waals surface area contributed by atoms with E-state index in [1.165, 1.54) is 4.90 Å². The Hall–Kier alpha value is -3.23. The average Bonchev–Trinajstić information content (AvgIpc) is 3.30. The first kappa shape index (κ1) is 27.0. The van der Waals surface area contributed by atoms with Gasteiger partial charge in [-0.3, -0.25) is 19.3 Å². The number of benzene rings is 2. The number of likely N-dealkylation sites (N-methyl/N-ethyl adjacent to an activating group) is 1. The van der Waals surface area contributed by atoms with Crippen LogP contribution >= 0.6 is 12.4 Å². The molecule has 8 nitrogen and oxygen atoms in total. The van der Waals surface area contributed by atoms with E-state index in [4.69, 9.17) is 0 Å². The van der Waals surface area contributed by atoms with Crippen LogP contribution in [0.15, 0.2) is 60.7 Å². The summed E-state index contributed by atoms with van der Waals surface area (Å²) in [5, 5.41) is 12.1. The van der Waals surface area contributed by atoms with Crippen molar-refractivity contribution >= 4 is 36.0 Å². The molecule has 2 amide bonds. The standard InChI is InChI=1S/C25H29N3O5.ClH/c1-27(17-23(30)28-14-8-13-21(28)25(32)33)16-22(29)20(15-18-9-4-2-5-10-18)26-24(31)19-11-6-3-7-12-19;/h2-7,9-12,20-21H,8,13-17H2,1H3,(H,26,31)(H,32,33);1H/t20?,21-;/m0./s1. The number of likely N-dealkylation sites (tertiary alicyclic amines) is 1. The molecule has 1 saturated heterocycles. The fourth-order valence-corrected chi connectivity index (χ4v) is 4.00. The molecular formula is C25H30ClN3O5. The van der Waals surface area contributed by atoms with E-state index in [9.17, 15) is 24.3 Å². The van der Waals surface area contributed by atoms with E-state index in [0.717, 1.165) is 5.56 Å². The number of halogens is 1. The second-order valence-electron chi connectivity index (χ2n) is 8.30. The molecule has 1 fully saturated rings. The van der Waals surface area contributed by atoms with E-state index in [-0.39, 0.29) is 43.1 Å². The SMILES string of the molecule is CN(CC(=O)C(Cc1ccccc1)NC(=O)c1ccccc1)CC(=O)N1CCC[C@H]1C(=O)O.Cl. The number of ketones is 1. The Balaban J connectivity index is 0.00000408. The molecule has 2 aromatic carbocycles. The van der Waals surface area contributed by atoms with Crippen LogP contribution in [0.25, 0.3) is 0 Å². The van der Waals surface area contributed by atoms with Crippen molar-refractivity contribution in [2.45, 2.75) is 31.3 Å². The van der Waals surface area contributed by atoms with Crippen molar-refractivity contribution in [3.05, 3.63) is 71.8 Å². The Labute approximate surface area is 205 Å². The lowest BCUT2D eigenvalue weighted by atomic mass is 10.0. The number of rotatable bonds is 10. The highest BCUT2D eigenvalue weighted by Crippen LogP contribution is 2.17. The van der Waals surface area contributed by atoms with Crippen molar-refractivity contribution in [2.24, 2.45) is 0 Å². The second-order valence-corrected chi connectivity index (χ2v) is 8.30. The number of carboxylic acids is 1. The normalized spacial score (nSPS) is 15.9. The maximum absolute atomic E-state index is 13.1. The van der Waals surface area contributed by atoms with Gasteiger partial charge in [0.05, 0.1) is 19.1 Å². The lowest BCUT2D eigenvalue weighted by Gasteiger charge is -2.25. The number of Topliss-reactive ketones (excluding diaryl/α,β-unsaturated/α-hetero) is 1. The zero-order chi connectivity index (χ0) is 23.8. The fourth-order valence-electron chi connectivity index (χ4n) is 4.00. The first-order chi connectivity index (χ1) is 15.8. The van der Waals surface area contributed by atoms with Crippen molar-refractivity contribution in [3.63, 3.8) is 0 Å². The van der Waals surface area contributed by atoms with Gasteiger partial charge in [0, 0.05) is 12.1 Å². The zero-order valence-corrected chi connectivity index (χ0v) is 19.9. The van der Waals surface area contributed by atoms with Gasteiger partial charge in [-0.25, -0.2) is 4.79 Å². The molecule has 3 rings (SSSR count). The lowest BCUT2D eigenvalue weighted by molar-refractivity contribution is -0.148. The van der Waals surface area contributed by atoms with Crippen LogP contribution in [-0.4, -0.2) is 77.2 Å². The third kappa shape index (κ3) is 7.40. The summed E-state index contributed by atoms with van der Waals surface area (Å²) >= 11 is 0. The van der Waals surface area contributed by atoms with Crippen LogP contribution in [-0.2, 0) is 20.8 Å². The van der Waals surface area contributed by atoms with Crippen LogP contribution < -0.4 is 5.32 Å². The number of carbonyl (C=O) groups excluding carboxylic acids is 3. The van der Waals surface area contributed by atoms with E-state index >= 15 is 0 Å². The molecule has 0 spiro atoms. The third-order valence-electron chi connectivity index (χ3n) is 5.70. The topological polar surface area (TPSA) is 107 Å². The molecule has 1 aliphatic rings. The van der Waals surface area contributed by atoms with Crippen LogP contribution in [0, 0.1) is 0 Å². The van der Waals surface area contributed by atoms with Crippen LogP contribution in [0.2, 0.25) is 0 Å². The highest BCUT2D eigenvalue weighted by molar-refractivity contribution is 5.98. The van der Waals surface area contributed by atoms with E-state index in [2.05, 4.69) is 5.32 Å². The molecule has 0 radical (unpaired) electrons. The number of hydrogen-bond donors (Lipinski definition) is 2. The molecule has 1 unspecified atom stereocenters. The maximum Gasteiger partial charge on any atom is 0.326 e. The van der Waals surface area contributed by atoms with Gasteiger partial charge in [-0.05, 0) is 44.0 Å². The summed E-state index contributed by atoms with van der Waals surface area (Å²) in [6.07, 6.45) is 1.41. The minimum absolute atomic E-state index is 0. The van der Waals surface area contributed by atoms with Crippen molar-refractivity contribution in [1.29, 1.82) is 0 Å². The molecule has 182 valence electrons. The van der Waals surface area contributed by atoms with Crippen LogP contribution in [0.4, 0.5) is 0 Å². The fraction of sp³-hybridized carbons (Fsp3) is 0.360. The summed E-state index contributed by atoms with van der Waals surface area (Å²) in [4.78, 5) is 52.7. The zero-order valence-electron chi connectivity index (χ0n) is 19.1. The maximum atomic E-state index is 13.1. The molecule has 0 aromatic heterocycles. The molecule has 2 atom stereocenters. The Morgan fingerprint density at radius 2 is 1.65 bits per heavy atom. The molecular weight excluding hydrogens is 458 g/mol. The highest BCUT2D eigenvalue weighted by Gasteiger charge is 2.34. The average molecular weight is 488 g/mol. The number of nitrogens with zero attached hydrogens (tertiary/aromatic N) is 2. The first-order valence-electron chi connectivity index (χ1n) is 11.0. The van der Waals surface area contributed by atoms with E-state index < -0.39 is 18.1 Å². The van der Waals surface area contributed by atoms with Gasteiger partial charge < -0.3 is 15.3 Å². The number of carbonyl (C=O) groups is 4. The quantitative estimate of drug-likeness (QED) is 0.531. The summed E-state index contributed by atoms with van der Waals surface area (Å²) in [5.41, 5.74) is 1.37. The molecule has 2 aromatic rings. The summed E-state index contributed by atoms with van der Waals surface area (Å²) in [6, 6.07) is 16.5. The predicted octanol–water partition coefficient (Wildman–Crippen LogP) is 2.03. The minimum Gasteiger partial charge on any atom is -0.480 e. The Kier molecular flexibility index (Phi) is 10.2. The van der Waals surface area contributed by atoms with E-state index in [1.807, 2.05) is 36.4 Å². The molecule has 1 heterocycles. The summed E-state index contributed by atoms with van der Waals surface area (Å²) < 4.78 is 0. The van der Waals surface area contributed by atoms with Crippen molar-refractivity contribution < 1.29 is 24.3 Å². The van der Waals surface area contributed by atoms with Gasteiger partial charge in [-0.15, -0.1) is 12.4 Å². The molecule has 1 aliphatic heterocycles. The number of hydrogen-bond acceptors (Lipinski definition) is 5. The molecule has 0 aliphatic carbocycles. The summed E-state index contributed by atoms with van der Waals surface area (Å²) in [6.45, 7) is 0.283.